The summed E-state index contributed by atoms with van der Waals surface area (Å²) in [5, 5.41) is 2.39. The summed E-state index contributed by atoms with van der Waals surface area (Å²) in [6.45, 7) is 2.61. The second-order valence-corrected chi connectivity index (χ2v) is 4.65. The topological polar surface area (TPSA) is 49.4 Å². The summed E-state index contributed by atoms with van der Waals surface area (Å²) in [7, 11) is 0. The highest BCUT2D eigenvalue weighted by atomic mass is 19.4. The van der Waals surface area contributed by atoms with Crippen molar-refractivity contribution < 1.29 is 22.8 Å². The summed E-state index contributed by atoms with van der Waals surface area (Å²) in [5.41, 5.74) is -0.654. The van der Waals surface area contributed by atoms with Crippen LogP contribution in [0.3, 0.4) is 0 Å². The smallest absolute Gasteiger partial charge is 0.345 e. The Kier molecular flexibility index (Phi) is 3.45. The SMILES string of the molecule is Cc1ccc(N2C(=O)CNC(=O)C2C)cc1C(F)(F)F. The van der Waals surface area contributed by atoms with Crippen molar-refractivity contribution in [1.82, 2.24) is 5.32 Å². The predicted octanol–water partition coefficient (Wildman–Crippen LogP) is 1.87. The molecular formula is C13H13F3N2O2. The van der Waals surface area contributed by atoms with E-state index in [1.54, 1.807) is 0 Å². The lowest BCUT2D eigenvalue weighted by atomic mass is 10.1. The molecule has 0 radical (unpaired) electrons. The Labute approximate surface area is 113 Å². The lowest BCUT2D eigenvalue weighted by Gasteiger charge is -2.33. The molecule has 0 aromatic heterocycles. The van der Waals surface area contributed by atoms with E-state index in [4.69, 9.17) is 0 Å². The van der Waals surface area contributed by atoms with Gasteiger partial charge in [-0.3, -0.25) is 14.5 Å². The summed E-state index contributed by atoms with van der Waals surface area (Å²) in [6.07, 6.45) is -4.50. The zero-order valence-electron chi connectivity index (χ0n) is 10.9. The van der Waals surface area contributed by atoms with Crippen molar-refractivity contribution in [1.29, 1.82) is 0 Å². The van der Waals surface area contributed by atoms with Gasteiger partial charge in [-0.15, -0.1) is 0 Å². The van der Waals surface area contributed by atoms with Crippen LogP contribution in [0.15, 0.2) is 18.2 Å². The number of carbonyl (C=O) groups excluding carboxylic acids is 2. The Hall–Kier alpha value is -2.05. The number of amides is 2. The monoisotopic (exact) mass is 286 g/mol. The standard InChI is InChI=1S/C13H13F3N2O2/c1-7-3-4-9(5-10(7)13(14,15)16)18-8(2)12(20)17-6-11(18)19/h3-5,8H,6H2,1-2H3,(H,17,20). The molecule has 1 aromatic rings. The number of benzene rings is 1. The van der Waals surface area contributed by atoms with Gasteiger partial charge in [0.25, 0.3) is 0 Å². The maximum Gasteiger partial charge on any atom is 0.416 e. The molecule has 1 unspecified atom stereocenters. The first-order chi connectivity index (χ1) is 9.21. The average Bonchev–Trinajstić information content (AvgIpc) is 2.35. The van der Waals surface area contributed by atoms with E-state index in [-0.39, 0.29) is 17.8 Å². The van der Waals surface area contributed by atoms with Crippen LogP contribution in [0.1, 0.15) is 18.1 Å². The minimum atomic E-state index is -4.50. The molecule has 7 heteroatoms. The van der Waals surface area contributed by atoms with Crippen molar-refractivity contribution in [3.05, 3.63) is 29.3 Å². The van der Waals surface area contributed by atoms with Gasteiger partial charge in [0, 0.05) is 5.69 Å². The van der Waals surface area contributed by atoms with Crippen molar-refractivity contribution >= 4 is 17.5 Å². The molecule has 0 aliphatic carbocycles. The fourth-order valence-corrected chi connectivity index (χ4v) is 2.16. The van der Waals surface area contributed by atoms with Gasteiger partial charge in [-0.05, 0) is 31.5 Å². The maximum absolute atomic E-state index is 12.9. The van der Waals surface area contributed by atoms with Gasteiger partial charge in [0.2, 0.25) is 11.8 Å². The summed E-state index contributed by atoms with van der Waals surface area (Å²) < 4.78 is 38.7. The lowest BCUT2D eigenvalue weighted by molar-refractivity contribution is -0.138. The molecule has 1 fully saturated rings. The number of nitrogens with zero attached hydrogens (tertiary/aromatic N) is 1. The number of anilines is 1. The second-order valence-electron chi connectivity index (χ2n) is 4.65. The van der Waals surface area contributed by atoms with E-state index in [2.05, 4.69) is 5.32 Å². The zero-order chi connectivity index (χ0) is 15.1. The van der Waals surface area contributed by atoms with E-state index in [0.717, 1.165) is 11.0 Å². The van der Waals surface area contributed by atoms with Crippen LogP contribution in [-0.4, -0.2) is 24.4 Å². The molecule has 2 rings (SSSR count). The third-order valence-electron chi connectivity index (χ3n) is 3.25. The first kappa shape index (κ1) is 14.4. The first-order valence-corrected chi connectivity index (χ1v) is 5.99. The highest BCUT2D eigenvalue weighted by Crippen LogP contribution is 2.35. The molecule has 0 spiro atoms. The number of alkyl halides is 3. The van der Waals surface area contributed by atoms with Crippen molar-refractivity contribution in [3.63, 3.8) is 0 Å². The van der Waals surface area contributed by atoms with Gasteiger partial charge in [0.05, 0.1) is 12.1 Å². The molecule has 1 aliphatic heterocycles. The third kappa shape index (κ3) is 2.48. The van der Waals surface area contributed by atoms with Gasteiger partial charge in [-0.25, -0.2) is 0 Å². The molecule has 1 atom stereocenters. The van der Waals surface area contributed by atoms with E-state index in [0.29, 0.717) is 0 Å². The molecule has 2 amide bonds. The largest absolute Gasteiger partial charge is 0.416 e. The molecule has 1 aromatic carbocycles. The van der Waals surface area contributed by atoms with Crippen molar-refractivity contribution in [2.24, 2.45) is 0 Å². The normalized spacial score (nSPS) is 20.1. The van der Waals surface area contributed by atoms with Crippen molar-refractivity contribution in [2.75, 3.05) is 11.4 Å². The summed E-state index contributed by atoms with van der Waals surface area (Å²) in [4.78, 5) is 24.5. The van der Waals surface area contributed by atoms with Gasteiger partial charge in [0.15, 0.2) is 0 Å². The van der Waals surface area contributed by atoms with Gasteiger partial charge >= 0.3 is 6.18 Å². The molecule has 1 saturated heterocycles. The molecule has 0 bridgehead atoms. The lowest BCUT2D eigenvalue weighted by Crippen LogP contribution is -2.57. The van der Waals surface area contributed by atoms with Crippen LogP contribution in [0, 0.1) is 6.92 Å². The van der Waals surface area contributed by atoms with E-state index in [1.807, 2.05) is 0 Å². The Morgan fingerprint density at radius 3 is 2.55 bits per heavy atom. The van der Waals surface area contributed by atoms with E-state index in [1.165, 1.54) is 26.0 Å². The van der Waals surface area contributed by atoms with Gasteiger partial charge in [-0.1, -0.05) is 6.07 Å². The molecular weight excluding hydrogens is 273 g/mol. The quantitative estimate of drug-likeness (QED) is 0.856. The summed E-state index contributed by atoms with van der Waals surface area (Å²) in [5.74, 6) is -0.826. The minimum absolute atomic E-state index is 0.0720. The average molecular weight is 286 g/mol. The first-order valence-electron chi connectivity index (χ1n) is 5.99. The maximum atomic E-state index is 12.9. The van der Waals surface area contributed by atoms with Crippen LogP contribution in [0.4, 0.5) is 18.9 Å². The van der Waals surface area contributed by atoms with Crippen LogP contribution < -0.4 is 10.2 Å². The molecule has 1 heterocycles. The van der Waals surface area contributed by atoms with Crippen LogP contribution in [0.5, 0.6) is 0 Å². The number of rotatable bonds is 1. The van der Waals surface area contributed by atoms with E-state index < -0.39 is 29.6 Å². The number of piperazine rings is 1. The molecule has 4 nitrogen and oxygen atoms in total. The molecule has 1 aliphatic rings. The van der Waals surface area contributed by atoms with Gasteiger partial charge in [0.1, 0.15) is 6.04 Å². The van der Waals surface area contributed by atoms with Crippen LogP contribution >= 0.6 is 0 Å². The zero-order valence-corrected chi connectivity index (χ0v) is 10.9. The Morgan fingerprint density at radius 2 is 1.95 bits per heavy atom. The number of hydrogen-bond acceptors (Lipinski definition) is 2. The predicted molar refractivity (Wildman–Crippen MR) is 66.1 cm³/mol. The minimum Gasteiger partial charge on any atom is -0.345 e. The number of aryl methyl sites for hydroxylation is 1. The van der Waals surface area contributed by atoms with Crippen LogP contribution in [-0.2, 0) is 15.8 Å². The number of hydrogen-bond donors (Lipinski definition) is 1. The van der Waals surface area contributed by atoms with Crippen LogP contribution in [0.2, 0.25) is 0 Å². The summed E-state index contributed by atoms with van der Waals surface area (Å²) >= 11 is 0. The van der Waals surface area contributed by atoms with E-state index >= 15 is 0 Å². The van der Waals surface area contributed by atoms with Crippen molar-refractivity contribution in [3.8, 4) is 0 Å². The highest BCUT2D eigenvalue weighted by Gasteiger charge is 2.36. The molecule has 20 heavy (non-hydrogen) atoms. The second kappa shape index (κ2) is 4.81. The molecule has 0 saturated carbocycles. The van der Waals surface area contributed by atoms with E-state index in [9.17, 15) is 22.8 Å². The number of nitrogens with one attached hydrogen (secondary N) is 1. The van der Waals surface area contributed by atoms with Crippen molar-refractivity contribution in [2.45, 2.75) is 26.1 Å². The van der Waals surface area contributed by atoms with Crippen LogP contribution in [0.25, 0.3) is 0 Å². The Balaban J connectivity index is 2.47. The fourth-order valence-electron chi connectivity index (χ4n) is 2.16. The molecule has 1 N–H and O–H groups in total. The number of carbonyl (C=O) groups is 2. The Bertz CT molecular complexity index is 569. The third-order valence-corrected chi connectivity index (χ3v) is 3.25. The molecule has 108 valence electrons. The van der Waals surface area contributed by atoms with Gasteiger partial charge in [-0.2, -0.15) is 13.2 Å². The summed E-state index contributed by atoms with van der Waals surface area (Å²) in [6, 6.07) is 2.78. The highest BCUT2D eigenvalue weighted by molar-refractivity contribution is 6.06. The van der Waals surface area contributed by atoms with Gasteiger partial charge < -0.3 is 5.32 Å². The number of halogens is 3. The fraction of sp³-hybridized carbons (Fsp3) is 0.385. The Morgan fingerprint density at radius 1 is 1.30 bits per heavy atom.